The summed E-state index contributed by atoms with van der Waals surface area (Å²) in [6, 6.07) is 0. The van der Waals surface area contributed by atoms with Crippen LogP contribution in [0.3, 0.4) is 0 Å². The van der Waals surface area contributed by atoms with E-state index in [-0.39, 0.29) is 5.91 Å². The molecule has 0 aromatic heterocycles. The zero-order valence-electron chi connectivity index (χ0n) is 8.29. The zero-order chi connectivity index (χ0) is 10.6. The van der Waals surface area contributed by atoms with Crippen LogP contribution in [-0.4, -0.2) is 24.4 Å². The summed E-state index contributed by atoms with van der Waals surface area (Å²) in [5.41, 5.74) is 1.71. The van der Waals surface area contributed by atoms with Crippen LogP contribution in [0, 0.1) is 0 Å². The summed E-state index contributed by atoms with van der Waals surface area (Å²) in [4.78, 5) is 13.0. The lowest BCUT2D eigenvalue weighted by Gasteiger charge is -2.29. The molecule has 0 radical (unpaired) electrons. The Morgan fingerprint density at radius 2 is 2.00 bits per heavy atom. The molecule has 14 heavy (non-hydrogen) atoms. The second-order valence-electron chi connectivity index (χ2n) is 2.91. The van der Waals surface area contributed by atoms with Crippen molar-refractivity contribution in [1.29, 1.82) is 0 Å². The first-order valence-corrected chi connectivity index (χ1v) is 4.37. The van der Waals surface area contributed by atoms with Gasteiger partial charge in [-0.1, -0.05) is 25.3 Å². The number of hydrogen-bond acceptors (Lipinski definition) is 2. The second kappa shape index (κ2) is 4.46. The van der Waals surface area contributed by atoms with Crippen LogP contribution < -0.4 is 5.32 Å². The Balaban J connectivity index is 3.05. The SMILES string of the molecule is C=C/C=C1/NCC(=O)N(C)/C1=C/C=C. The van der Waals surface area contributed by atoms with Gasteiger partial charge >= 0.3 is 0 Å². The third-order valence-corrected chi connectivity index (χ3v) is 2.00. The third kappa shape index (κ3) is 1.93. The fourth-order valence-electron chi connectivity index (χ4n) is 1.27. The van der Waals surface area contributed by atoms with Crippen LogP contribution >= 0.6 is 0 Å². The van der Waals surface area contributed by atoms with Crippen LogP contribution in [0.1, 0.15) is 0 Å². The first-order chi connectivity index (χ1) is 6.70. The average molecular weight is 190 g/mol. The van der Waals surface area contributed by atoms with Gasteiger partial charge in [-0.05, 0) is 12.2 Å². The molecule has 3 heteroatoms. The Kier molecular flexibility index (Phi) is 3.29. The molecule has 0 atom stereocenters. The second-order valence-corrected chi connectivity index (χ2v) is 2.91. The van der Waals surface area contributed by atoms with Gasteiger partial charge in [0.15, 0.2) is 0 Å². The van der Waals surface area contributed by atoms with Gasteiger partial charge in [-0.2, -0.15) is 0 Å². The zero-order valence-corrected chi connectivity index (χ0v) is 8.29. The Bertz CT molecular complexity index is 326. The van der Waals surface area contributed by atoms with E-state index in [4.69, 9.17) is 0 Å². The fraction of sp³-hybridized carbons (Fsp3) is 0.182. The summed E-state index contributed by atoms with van der Waals surface area (Å²) >= 11 is 0. The molecule has 1 N–H and O–H groups in total. The highest BCUT2D eigenvalue weighted by Crippen LogP contribution is 2.15. The van der Waals surface area contributed by atoms with Crippen LogP contribution in [0.2, 0.25) is 0 Å². The lowest BCUT2D eigenvalue weighted by atomic mass is 10.2. The highest BCUT2D eigenvalue weighted by molar-refractivity contribution is 5.82. The Labute approximate surface area is 84.1 Å². The van der Waals surface area contributed by atoms with E-state index in [2.05, 4.69) is 18.5 Å². The van der Waals surface area contributed by atoms with E-state index in [1.807, 2.05) is 6.08 Å². The van der Waals surface area contributed by atoms with E-state index in [1.54, 1.807) is 30.2 Å². The smallest absolute Gasteiger partial charge is 0.246 e. The minimum atomic E-state index is 0.0410. The Morgan fingerprint density at radius 3 is 2.57 bits per heavy atom. The van der Waals surface area contributed by atoms with Crippen LogP contribution in [-0.2, 0) is 4.79 Å². The number of carbonyl (C=O) groups is 1. The van der Waals surface area contributed by atoms with Gasteiger partial charge in [0, 0.05) is 7.05 Å². The minimum Gasteiger partial charge on any atom is -0.374 e. The molecule has 1 aliphatic heterocycles. The van der Waals surface area contributed by atoms with Crippen molar-refractivity contribution >= 4 is 5.91 Å². The van der Waals surface area contributed by atoms with E-state index in [0.717, 1.165) is 11.4 Å². The molecule has 0 aromatic carbocycles. The molecular weight excluding hydrogens is 176 g/mol. The van der Waals surface area contributed by atoms with Crippen LogP contribution in [0.15, 0.2) is 48.9 Å². The van der Waals surface area contributed by atoms with Crippen molar-refractivity contribution in [2.24, 2.45) is 0 Å². The molecule has 0 saturated carbocycles. The maximum atomic E-state index is 11.4. The Hall–Kier alpha value is -1.77. The summed E-state index contributed by atoms with van der Waals surface area (Å²) in [6.07, 6.45) is 6.96. The monoisotopic (exact) mass is 190 g/mol. The molecule has 0 aromatic rings. The molecule has 74 valence electrons. The van der Waals surface area contributed by atoms with Crippen molar-refractivity contribution in [3.8, 4) is 0 Å². The van der Waals surface area contributed by atoms with Gasteiger partial charge < -0.3 is 10.2 Å². The van der Waals surface area contributed by atoms with Gasteiger partial charge in [0.25, 0.3) is 0 Å². The number of nitrogens with zero attached hydrogens (tertiary/aromatic N) is 1. The first kappa shape index (κ1) is 10.3. The molecule has 1 amide bonds. The number of hydrogen-bond donors (Lipinski definition) is 1. The highest BCUT2D eigenvalue weighted by atomic mass is 16.2. The lowest BCUT2D eigenvalue weighted by molar-refractivity contribution is -0.127. The molecule has 1 rings (SSSR count). The fourth-order valence-corrected chi connectivity index (χ4v) is 1.27. The molecular formula is C11H14N2O. The van der Waals surface area contributed by atoms with E-state index < -0.39 is 0 Å². The summed E-state index contributed by atoms with van der Waals surface area (Å²) in [7, 11) is 1.75. The van der Waals surface area contributed by atoms with Gasteiger partial charge in [0.1, 0.15) is 0 Å². The highest BCUT2D eigenvalue weighted by Gasteiger charge is 2.21. The molecule has 3 nitrogen and oxygen atoms in total. The topological polar surface area (TPSA) is 32.3 Å². The minimum absolute atomic E-state index is 0.0410. The van der Waals surface area contributed by atoms with Crippen molar-refractivity contribution in [3.05, 3.63) is 48.9 Å². The molecule has 1 heterocycles. The van der Waals surface area contributed by atoms with Crippen molar-refractivity contribution in [2.75, 3.05) is 13.6 Å². The number of likely N-dealkylation sites (N-methyl/N-ethyl adjacent to an activating group) is 1. The van der Waals surface area contributed by atoms with Gasteiger partial charge in [0.05, 0.1) is 17.9 Å². The summed E-state index contributed by atoms with van der Waals surface area (Å²) in [6.45, 7) is 7.56. The van der Waals surface area contributed by atoms with Crippen molar-refractivity contribution in [2.45, 2.75) is 0 Å². The molecule has 0 unspecified atom stereocenters. The van der Waals surface area contributed by atoms with Crippen LogP contribution in [0.5, 0.6) is 0 Å². The summed E-state index contributed by atoms with van der Waals surface area (Å²) in [5, 5.41) is 3.02. The molecule has 1 aliphatic rings. The number of carbonyl (C=O) groups excluding carboxylic acids is 1. The molecule has 0 spiro atoms. The number of rotatable bonds is 2. The largest absolute Gasteiger partial charge is 0.374 e. The Morgan fingerprint density at radius 1 is 1.36 bits per heavy atom. The van der Waals surface area contributed by atoms with Gasteiger partial charge in [-0.25, -0.2) is 0 Å². The maximum Gasteiger partial charge on any atom is 0.246 e. The number of nitrogens with one attached hydrogen (secondary N) is 1. The lowest BCUT2D eigenvalue weighted by Crippen LogP contribution is -2.42. The maximum absolute atomic E-state index is 11.4. The van der Waals surface area contributed by atoms with Crippen molar-refractivity contribution in [1.82, 2.24) is 10.2 Å². The number of amides is 1. The molecule has 1 saturated heterocycles. The van der Waals surface area contributed by atoms with E-state index in [9.17, 15) is 4.79 Å². The quantitative estimate of drug-likeness (QED) is 0.709. The predicted octanol–water partition coefficient (Wildman–Crippen LogP) is 1.19. The van der Waals surface area contributed by atoms with Gasteiger partial charge in [-0.3, -0.25) is 4.79 Å². The van der Waals surface area contributed by atoms with Crippen LogP contribution in [0.25, 0.3) is 0 Å². The van der Waals surface area contributed by atoms with E-state index in [0.29, 0.717) is 6.54 Å². The third-order valence-electron chi connectivity index (χ3n) is 2.00. The number of piperazine rings is 1. The van der Waals surface area contributed by atoms with Gasteiger partial charge in [-0.15, -0.1) is 0 Å². The van der Waals surface area contributed by atoms with Gasteiger partial charge in [0.2, 0.25) is 5.91 Å². The average Bonchev–Trinajstić information content (AvgIpc) is 2.18. The summed E-state index contributed by atoms with van der Waals surface area (Å²) < 4.78 is 0. The molecule has 1 fully saturated rings. The predicted molar refractivity (Wildman–Crippen MR) is 57.3 cm³/mol. The van der Waals surface area contributed by atoms with Crippen LogP contribution in [0.4, 0.5) is 0 Å². The van der Waals surface area contributed by atoms with Crippen molar-refractivity contribution in [3.63, 3.8) is 0 Å². The summed E-state index contributed by atoms with van der Waals surface area (Å²) in [5.74, 6) is 0.0410. The molecule has 0 aliphatic carbocycles. The van der Waals surface area contributed by atoms with E-state index >= 15 is 0 Å². The number of allylic oxidation sites excluding steroid dienone is 4. The van der Waals surface area contributed by atoms with Crippen molar-refractivity contribution < 1.29 is 4.79 Å². The van der Waals surface area contributed by atoms with E-state index in [1.165, 1.54) is 0 Å². The molecule has 0 bridgehead atoms. The normalized spacial score (nSPS) is 22.4. The standard InChI is InChI=1S/C11H14N2O/c1-4-6-9-10(7-5-2)13(3)11(14)8-12-9/h4-7,12H,1-2,8H2,3H3/b9-6+,10-7+. The first-order valence-electron chi connectivity index (χ1n) is 4.37.